The molecule has 0 spiro atoms. The maximum absolute atomic E-state index is 12.2. The molecule has 0 fully saturated rings. The third-order valence-electron chi connectivity index (χ3n) is 2.39. The maximum Gasteiger partial charge on any atom is 0.264 e. The van der Waals surface area contributed by atoms with Crippen LogP contribution in [0, 0.1) is 6.92 Å². The Bertz CT molecular complexity index is 719. The van der Waals surface area contributed by atoms with Crippen molar-refractivity contribution in [3.05, 3.63) is 51.6 Å². The van der Waals surface area contributed by atoms with Gasteiger partial charge in [0.2, 0.25) is 0 Å². The number of aryl methyl sites for hydroxylation is 1. The van der Waals surface area contributed by atoms with Crippen LogP contribution in [0.25, 0.3) is 0 Å². The van der Waals surface area contributed by atoms with Crippen molar-refractivity contribution in [3.8, 4) is 0 Å². The number of anilines is 1. The topological polar surface area (TPSA) is 59.1 Å². The fraction of sp³-hybridized carbons (Fsp3) is 0.0833. The van der Waals surface area contributed by atoms with Crippen molar-refractivity contribution < 1.29 is 8.42 Å². The van der Waals surface area contributed by atoms with E-state index in [2.05, 4.69) is 25.6 Å². The summed E-state index contributed by atoms with van der Waals surface area (Å²) in [5, 5.41) is 0.170. The minimum absolute atomic E-state index is 0.0269. The summed E-state index contributed by atoms with van der Waals surface area (Å²) in [6.07, 6.45) is 0. The molecule has 0 aliphatic carbocycles. The van der Waals surface area contributed by atoms with Crippen molar-refractivity contribution in [1.29, 1.82) is 0 Å². The lowest BCUT2D eigenvalue weighted by Crippen LogP contribution is -2.14. The molecule has 0 unspecified atom stereocenters. The summed E-state index contributed by atoms with van der Waals surface area (Å²) in [5.74, 6) is 0.251. The van der Waals surface area contributed by atoms with Crippen LogP contribution in [0.5, 0.6) is 0 Å². The van der Waals surface area contributed by atoms with Crippen molar-refractivity contribution >= 4 is 43.4 Å². The number of benzene rings is 1. The molecule has 7 heteroatoms. The van der Waals surface area contributed by atoms with E-state index in [-0.39, 0.29) is 15.7 Å². The molecule has 1 heterocycles. The minimum atomic E-state index is -3.73. The molecule has 100 valence electrons. The van der Waals surface area contributed by atoms with Crippen molar-refractivity contribution in [2.45, 2.75) is 11.8 Å². The number of pyridine rings is 1. The molecule has 0 saturated carbocycles. The van der Waals surface area contributed by atoms with Gasteiger partial charge in [0.1, 0.15) is 10.7 Å². The number of rotatable bonds is 3. The largest absolute Gasteiger partial charge is 0.264 e. The fourth-order valence-corrected chi connectivity index (χ4v) is 3.20. The Balaban J connectivity index is 2.37. The molecule has 0 radical (unpaired) electrons. The molecule has 4 nitrogen and oxygen atoms in total. The zero-order chi connectivity index (χ0) is 14.0. The van der Waals surface area contributed by atoms with Gasteiger partial charge in [-0.2, -0.15) is 0 Å². The molecule has 0 aliphatic heterocycles. The van der Waals surface area contributed by atoms with Gasteiger partial charge in [0.05, 0.1) is 10.7 Å². The van der Waals surface area contributed by atoms with E-state index in [4.69, 9.17) is 11.6 Å². The van der Waals surface area contributed by atoms with Crippen molar-refractivity contribution in [2.24, 2.45) is 0 Å². The van der Waals surface area contributed by atoms with E-state index >= 15 is 0 Å². The van der Waals surface area contributed by atoms with Crippen LogP contribution >= 0.6 is 27.5 Å². The van der Waals surface area contributed by atoms with E-state index in [1.54, 1.807) is 31.2 Å². The molecule has 1 N–H and O–H groups in total. The Morgan fingerprint density at radius 1 is 1.21 bits per heavy atom. The molecule has 0 bridgehead atoms. The summed E-state index contributed by atoms with van der Waals surface area (Å²) >= 11 is 9.19. The first-order valence-corrected chi connectivity index (χ1v) is 7.96. The van der Waals surface area contributed by atoms with E-state index < -0.39 is 10.0 Å². The van der Waals surface area contributed by atoms with Crippen LogP contribution in [0.15, 0.2) is 45.8 Å². The normalized spacial score (nSPS) is 11.3. The number of hydrogen-bond donors (Lipinski definition) is 1. The summed E-state index contributed by atoms with van der Waals surface area (Å²) < 4.78 is 27.6. The number of aromatic nitrogens is 1. The molecule has 2 rings (SSSR count). The average Bonchev–Trinajstić information content (AvgIpc) is 2.34. The van der Waals surface area contributed by atoms with Crippen LogP contribution in [0.2, 0.25) is 5.02 Å². The quantitative estimate of drug-likeness (QED) is 0.908. The molecule has 2 aromatic rings. The van der Waals surface area contributed by atoms with Crippen LogP contribution in [0.1, 0.15) is 5.69 Å². The second-order valence-electron chi connectivity index (χ2n) is 3.80. The van der Waals surface area contributed by atoms with Gasteiger partial charge in [-0.1, -0.05) is 23.7 Å². The van der Waals surface area contributed by atoms with E-state index in [9.17, 15) is 8.42 Å². The average molecular weight is 362 g/mol. The zero-order valence-corrected chi connectivity index (χ0v) is 13.1. The molecule has 0 amide bonds. The first-order valence-electron chi connectivity index (χ1n) is 5.30. The SMILES string of the molecule is Cc1nc(NS(=O)(=O)c2ccccc2Cl)ccc1Br. The van der Waals surface area contributed by atoms with Gasteiger partial charge in [-0.3, -0.25) is 4.72 Å². The predicted octanol–water partition coefficient (Wildman–Crippen LogP) is 3.61. The highest BCUT2D eigenvalue weighted by atomic mass is 79.9. The Hall–Kier alpha value is -1.11. The van der Waals surface area contributed by atoms with E-state index in [1.807, 2.05) is 0 Å². The molecule has 19 heavy (non-hydrogen) atoms. The second kappa shape index (κ2) is 5.48. The number of halogens is 2. The lowest BCUT2D eigenvalue weighted by Gasteiger charge is -2.09. The Morgan fingerprint density at radius 3 is 2.53 bits per heavy atom. The Morgan fingerprint density at radius 2 is 1.89 bits per heavy atom. The van der Waals surface area contributed by atoms with E-state index in [1.165, 1.54) is 12.1 Å². The number of nitrogens with one attached hydrogen (secondary N) is 1. The summed E-state index contributed by atoms with van der Waals surface area (Å²) in [7, 11) is -3.73. The lowest BCUT2D eigenvalue weighted by molar-refractivity contribution is 0.601. The van der Waals surface area contributed by atoms with Crippen LogP contribution in [0.4, 0.5) is 5.82 Å². The maximum atomic E-state index is 12.2. The van der Waals surface area contributed by atoms with Gasteiger partial charge >= 0.3 is 0 Å². The third-order valence-corrected chi connectivity index (χ3v) is 5.08. The van der Waals surface area contributed by atoms with Crippen LogP contribution in [-0.2, 0) is 10.0 Å². The smallest absolute Gasteiger partial charge is 0.263 e. The van der Waals surface area contributed by atoms with E-state index in [0.29, 0.717) is 5.69 Å². The molecular weight excluding hydrogens is 352 g/mol. The Kier molecular flexibility index (Phi) is 4.13. The molecule has 1 aromatic heterocycles. The number of sulfonamides is 1. The molecule has 0 aliphatic rings. The van der Waals surface area contributed by atoms with Crippen molar-refractivity contribution in [3.63, 3.8) is 0 Å². The van der Waals surface area contributed by atoms with Crippen LogP contribution < -0.4 is 4.72 Å². The standard InChI is InChI=1S/C12H10BrClN2O2S/c1-8-9(13)6-7-12(15-8)16-19(17,18)11-5-3-2-4-10(11)14/h2-7H,1H3,(H,15,16). The summed E-state index contributed by atoms with van der Waals surface area (Å²) in [4.78, 5) is 4.16. The third kappa shape index (κ3) is 3.26. The Labute approximate surface area is 125 Å². The van der Waals surface area contributed by atoms with Crippen LogP contribution in [0.3, 0.4) is 0 Å². The summed E-state index contributed by atoms with van der Waals surface area (Å²) in [5.41, 5.74) is 0.694. The van der Waals surface area contributed by atoms with Gasteiger partial charge in [-0.15, -0.1) is 0 Å². The highest BCUT2D eigenvalue weighted by Crippen LogP contribution is 2.23. The summed E-state index contributed by atoms with van der Waals surface area (Å²) in [6.45, 7) is 1.78. The molecule has 1 aromatic carbocycles. The van der Waals surface area contributed by atoms with Crippen LogP contribution in [-0.4, -0.2) is 13.4 Å². The number of nitrogens with zero attached hydrogens (tertiary/aromatic N) is 1. The molecule has 0 atom stereocenters. The van der Waals surface area contributed by atoms with Gasteiger partial charge in [-0.05, 0) is 47.1 Å². The first kappa shape index (κ1) is 14.3. The first-order chi connectivity index (χ1) is 8.90. The van der Waals surface area contributed by atoms with Gasteiger partial charge in [0, 0.05) is 4.47 Å². The van der Waals surface area contributed by atoms with Gasteiger partial charge < -0.3 is 0 Å². The van der Waals surface area contributed by atoms with Gasteiger partial charge in [0.15, 0.2) is 0 Å². The highest BCUT2D eigenvalue weighted by Gasteiger charge is 2.18. The molecular formula is C12H10BrClN2O2S. The lowest BCUT2D eigenvalue weighted by atomic mass is 10.4. The monoisotopic (exact) mass is 360 g/mol. The summed E-state index contributed by atoms with van der Waals surface area (Å²) in [6, 6.07) is 9.55. The zero-order valence-electron chi connectivity index (χ0n) is 9.89. The predicted molar refractivity (Wildman–Crippen MR) is 78.9 cm³/mol. The highest BCUT2D eigenvalue weighted by molar-refractivity contribution is 9.10. The fourth-order valence-electron chi connectivity index (χ4n) is 1.46. The van der Waals surface area contributed by atoms with Crippen molar-refractivity contribution in [2.75, 3.05) is 4.72 Å². The van der Waals surface area contributed by atoms with E-state index in [0.717, 1.165) is 4.47 Å². The number of hydrogen-bond acceptors (Lipinski definition) is 3. The minimum Gasteiger partial charge on any atom is -0.263 e. The van der Waals surface area contributed by atoms with Crippen molar-refractivity contribution in [1.82, 2.24) is 4.98 Å². The molecule has 0 saturated heterocycles. The second-order valence-corrected chi connectivity index (χ2v) is 6.71. The van der Waals surface area contributed by atoms with Gasteiger partial charge in [0.25, 0.3) is 10.0 Å². The van der Waals surface area contributed by atoms with Gasteiger partial charge in [-0.25, -0.2) is 13.4 Å².